The number of rotatable bonds is 5. The molecule has 0 atom stereocenters. The molecule has 1 aromatic rings. The molecule has 0 radical (unpaired) electrons. The molecule has 5 heteroatoms. The summed E-state index contributed by atoms with van der Waals surface area (Å²) in [5.41, 5.74) is 6.52. The Bertz CT molecular complexity index is 365. The van der Waals surface area contributed by atoms with E-state index in [2.05, 4.69) is 5.32 Å². The Hall–Kier alpha value is -1.46. The van der Waals surface area contributed by atoms with Crippen LogP contribution >= 0.6 is 0 Å². The molecule has 1 aliphatic heterocycles. The highest BCUT2D eigenvalue weighted by Gasteiger charge is 2.18. The maximum Gasteiger partial charge on any atom is 0.203 e. The second kappa shape index (κ2) is 5.75. The van der Waals surface area contributed by atoms with Gasteiger partial charge in [0.2, 0.25) is 5.75 Å². The SMILES string of the molecule is COc1cc(CNCCN)cc2c1OCCO2. The van der Waals surface area contributed by atoms with Crippen LogP contribution in [0.3, 0.4) is 0 Å². The van der Waals surface area contributed by atoms with Crippen LogP contribution in [0.1, 0.15) is 5.56 Å². The van der Waals surface area contributed by atoms with Crippen LogP contribution in [-0.2, 0) is 6.54 Å². The number of methoxy groups -OCH3 is 1. The molecule has 94 valence electrons. The van der Waals surface area contributed by atoms with Crippen molar-refractivity contribution >= 4 is 0 Å². The quantitative estimate of drug-likeness (QED) is 0.732. The van der Waals surface area contributed by atoms with E-state index < -0.39 is 0 Å². The smallest absolute Gasteiger partial charge is 0.203 e. The number of hydrogen-bond donors (Lipinski definition) is 2. The molecule has 0 fully saturated rings. The van der Waals surface area contributed by atoms with E-state index in [9.17, 15) is 0 Å². The van der Waals surface area contributed by atoms with E-state index in [0.717, 1.165) is 24.4 Å². The van der Waals surface area contributed by atoms with Crippen LogP contribution < -0.4 is 25.3 Å². The lowest BCUT2D eigenvalue weighted by Crippen LogP contribution is -2.22. The Balaban J connectivity index is 2.17. The highest BCUT2D eigenvalue weighted by atomic mass is 16.6. The van der Waals surface area contributed by atoms with Crippen molar-refractivity contribution in [2.24, 2.45) is 5.73 Å². The Labute approximate surface area is 101 Å². The molecule has 0 aromatic heterocycles. The average Bonchev–Trinajstić information content (AvgIpc) is 2.38. The summed E-state index contributed by atoms with van der Waals surface area (Å²) >= 11 is 0. The maximum atomic E-state index is 5.56. The van der Waals surface area contributed by atoms with Gasteiger partial charge in [0.15, 0.2) is 11.5 Å². The summed E-state index contributed by atoms with van der Waals surface area (Å²) in [6, 6.07) is 3.93. The lowest BCUT2D eigenvalue weighted by molar-refractivity contribution is 0.165. The number of nitrogens with one attached hydrogen (secondary N) is 1. The standard InChI is InChI=1S/C12H18N2O3/c1-15-10-6-9(8-14-3-2-13)7-11-12(10)17-5-4-16-11/h6-7,14H,2-5,8,13H2,1H3. The minimum absolute atomic E-state index is 0.564. The molecular weight excluding hydrogens is 220 g/mol. The normalized spacial score (nSPS) is 13.5. The van der Waals surface area contributed by atoms with Crippen molar-refractivity contribution in [2.45, 2.75) is 6.54 Å². The first-order valence-corrected chi connectivity index (χ1v) is 5.72. The van der Waals surface area contributed by atoms with Crippen LogP contribution in [0.25, 0.3) is 0 Å². The lowest BCUT2D eigenvalue weighted by Gasteiger charge is -2.21. The van der Waals surface area contributed by atoms with Crippen molar-refractivity contribution < 1.29 is 14.2 Å². The number of nitrogens with two attached hydrogens (primary N) is 1. The summed E-state index contributed by atoms with van der Waals surface area (Å²) in [7, 11) is 1.63. The van der Waals surface area contributed by atoms with Gasteiger partial charge in [-0.25, -0.2) is 0 Å². The average molecular weight is 238 g/mol. The summed E-state index contributed by atoms with van der Waals surface area (Å²) in [5.74, 6) is 2.16. The second-order valence-corrected chi connectivity index (χ2v) is 3.79. The lowest BCUT2D eigenvalue weighted by atomic mass is 10.1. The van der Waals surface area contributed by atoms with Crippen LogP contribution in [0.4, 0.5) is 0 Å². The molecule has 0 saturated carbocycles. The van der Waals surface area contributed by atoms with Crippen LogP contribution in [0.15, 0.2) is 12.1 Å². The van der Waals surface area contributed by atoms with E-state index in [1.54, 1.807) is 7.11 Å². The molecular formula is C12H18N2O3. The van der Waals surface area contributed by atoms with E-state index in [1.807, 2.05) is 12.1 Å². The van der Waals surface area contributed by atoms with Gasteiger partial charge in [0.1, 0.15) is 13.2 Å². The number of benzene rings is 1. The molecule has 1 aliphatic rings. The molecule has 3 N–H and O–H groups in total. The van der Waals surface area contributed by atoms with Gasteiger partial charge in [-0.05, 0) is 17.7 Å². The van der Waals surface area contributed by atoms with Gasteiger partial charge in [-0.3, -0.25) is 0 Å². The third kappa shape index (κ3) is 2.81. The Kier molecular flexibility index (Phi) is 4.06. The highest BCUT2D eigenvalue weighted by molar-refractivity contribution is 5.54. The highest BCUT2D eigenvalue weighted by Crippen LogP contribution is 2.40. The van der Waals surface area contributed by atoms with Crippen molar-refractivity contribution in [3.05, 3.63) is 17.7 Å². The largest absolute Gasteiger partial charge is 0.493 e. The van der Waals surface area contributed by atoms with Crippen molar-refractivity contribution in [2.75, 3.05) is 33.4 Å². The van der Waals surface area contributed by atoms with Gasteiger partial charge < -0.3 is 25.3 Å². The van der Waals surface area contributed by atoms with Gasteiger partial charge >= 0.3 is 0 Å². The molecule has 2 rings (SSSR count). The van der Waals surface area contributed by atoms with Crippen LogP contribution in [0.2, 0.25) is 0 Å². The third-order valence-corrected chi connectivity index (χ3v) is 2.54. The maximum absolute atomic E-state index is 5.56. The van der Waals surface area contributed by atoms with E-state index in [0.29, 0.717) is 31.3 Å². The first kappa shape index (κ1) is 12.0. The van der Waals surface area contributed by atoms with Crippen molar-refractivity contribution in [3.63, 3.8) is 0 Å². The van der Waals surface area contributed by atoms with Gasteiger partial charge in [0, 0.05) is 19.6 Å². The Morgan fingerprint density at radius 2 is 2.18 bits per heavy atom. The summed E-state index contributed by atoms with van der Waals surface area (Å²) in [6.07, 6.45) is 0. The molecule has 5 nitrogen and oxygen atoms in total. The molecule has 1 heterocycles. The van der Waals surface area contributed by atoms with Gasteiger partial charge in [-0.2, -0.15) is 0 Å². The predicted octanol–water partition coefficient (Wildman–Crippen LogP) is 0.515. The van der Waals surface area contributed by atoms with Gasteiger partial charge in [-0.1, -0.05) is 0 Å². The topological polar surface area (TPSA) is 65.7 Å². The number of ether oxygens (including phenoxy) is 3. The molecule has 17 heavy (non-hydrogen) atoms. The van der Waals surface area contributed by atoms with Crippen LogP contribution in [0.5, 0.6) is 17.2 Å². The fraction of sp³-hybridized carbons (Fsp3) is 0.500. The fourth-order valence-electron chi connectivity index (χ4n) is 1.76. The van der Waals surface area contributed by atoms with Crippen molar-refractivity contribution in [1.82, 2.24) is 5.32 Å². The van der Waals surface area contributed by atoms with E-state index in [4.69, 9.17) is 19.9 Å². The minimum Gasteiger partial charge on any atom is -0.493 e. The van der Waals surface area contributed by atoms with Gasteiger partial charge in [0.05, 0.1) is 7.11 Å². The van der Waals surface area contributed by atoms with Crippen LogP contribution in [0, 0.1) is 0 Å². The van der Waals surface area contributed by atoms with E-state index in [1.165, 1.54) is 0 Å². The molecule has 0 spiro atoms. The first-order valence-electron chi connectivity index (χ1n) is 5.72. The second-order valence-electron chi connectivity index (χ2n) is 3.79. The molecule has 0 amide bonds. The molecule has 0 unspecified atom stereocenters. The van der Waals surface area contributed by atoms with E-state index >= 15 is 0 Å². The zero-order valence-corrected chi connectivity index (χ0v) is 9.99. The third-order valence-electron chi connectivity index (χ3n) is 2.54. The minimum atomic E-state index is 0.564. The first-order chi connectivity index (χ1) is 8.35. The molecule has 0 bridgehead atoms. The molecule has 0 aliphatic carbocycles. The van der Waals surface area contributed by atoms with Crippen molar-refractivity contribution in [1.29, 1.82) is 0 Å². The van der Waals surface area contributed by atoms with Gasteiger partial charge in [-0.15, -0.1) is 0 Å². The Morgan fingerprint density at radius 3 is 2.94 bits per heavy atom. The number of fused-ring (bicyclic) bond motifs is 1. The van der Waals surface area contributed by atoms with Gasteiger partial charge in [0.25, 0.3) is 0 Å². The van der Waals surface area contributed by atoms with E-state index in [-0.39, 0.29) is 0 Å². The van der Waals surface area contributed by atoms with Crippen LogP contribution in [-0.4, -0.2) is 33.4 Å². The predicted molar refractivity (Wildman–Crippen MR) is 64.7 cm³/mol. The monoisotopic (exact) mass is 238 g/mol. The summed E-state index contributed by atoms with van der Waals surface area (Å²) in [4.78, 5) is 0. The molecule has 0 saturated heterocycles. The fourth-order valence-corrected chi connectivity index (χ4v) is 1.76. The zero-order chi connectivity index (χ0) is 12.1. The summed E-state index contributed by atoms with van der Waals surface area (Å²) in [5, 5.41) is 3.23. The summed E-state index contributed by atoms with van der Waals surface area (Å²) in [6.45, 7) is 3.30. The van der Waals surface area contributed by atoms with Crippen molar-refractivity contribution in [3.8, 4) is 17.2 Å². The number of hydrogen-bond acceptors (Lipinski definition) is 5. The Morgan fingerprint density at radius 1 is 1.35 bits per heavy atom. The molecule has 1 aromatic carbocycles. The zero-order valence-electron chi connectivity index (χ0n) is 9.99. The summed E-state index contributed by atoms with van der Waals surface area (Å²) < 4.78 is 16.4.